The molecule has 0 spiro atoms. The fraction of sp³-hybridized carbons (Fsp3) is 0.276. The number of anilines is 3. The quantitative estimate of drug-likeness (QED) is 0.486. The van der Waals surface area contributed by atoms with E-state index in [0.717, 1.165) is 22.6 Å². The Balaban J connectivity index is 1.64. The van der Waals surface area contributed by atoms with Crippen molar-refractivity contribution in [1.82, 2.24) is 0 Å². The third-order valence-electron chi connectivity index (χ3n) is 6.53. The van der Waals surface area contributed by atoms with Gasteiger partial charge in [0.1, 0.15) is 6.04 Å². The van der Waals surface area contributed by atoms with Crippen LogP contribution in [-0.4, -0.2) is 37.0 Å². The van der Waals surface area contributed by atoms with E-state index in [1.807, 2.05) is 71.3 Å². The van der Waals surface area contributed by atoms with Crippen LogP contribution in [-0.2, 0) is 14.3 Å². The van der Waals surface area contributed by atoms with Gasteiger partial charge in [-0.2, -0.15) is 0 Å². The van der Waals surface area contributed by atoms with E-state index in [2.05, 4.69) is 5.32 Å². The number of esters is 1. The lowest BCUT2D eigenvalue weighted by Gasteiger charge is -2.43. The SMILES string of the molecule is COC(=O)C(C)Nc1ccc(C(=O)N2c3ccccc3C(N(C(C)=O)c3ccccc3)CC2C)cc1. The smallest absolute Gasteiger partial charge is 0.327 e. The Bertz CT molecular complexity index is 1240. The highest BCUT2D eigenvalue weighted by Gasteiger charge is 2.38. The van der Waals surface area contributed by atoms with E-state index in [-0.39, 0.29) is 29.9 Å². The Labute approximate surface area is 211 Å². The third-order valence-corrected chi connectivity index (χ3v) is 6.53. The molecule has 0 saturated carbocycles. The summed E-state index contributed by atoms with van der Waals surface area (Å²) >= 11 is 0. The van der Waals surface area contributed by atoms with Crippen LogP contribution in [0.25, 0.3) is 0 Å². The van der Waals surface area contributed by atoms with Gasteiger partial charge < -0.3 is 19.9 Å². The zero-order valence-electron chi connectivity index (χ0n) is 21.0. The molecule has 0 saturated heterocycles. The molecule has 2 amide bonds. The maximum atomic E-state index is 13.7. The maximum absolute atomic E-state index is 13.7. The van der Waals surface area contributed by atoms with E-state index in [4.69, 9.17) is 4.74 Å². The fourth-order valence-corrected chi connectivity index (χ4v) is 4.84. The molecule has 3 atom stereocenters. The first-order valence-corrected chi connectivity index (χ1v) is 12.0. The molecule has 7 nitrogen and oxygen atoms in total. The zero-order valence-corrected chi connectivity index (χ0v) is 21.0. The molecular formula is C29H31N3O4. The molecular weight excluding hydrogens is 454 g/mol. The topological polar surface area (TPSA) is 79.0 Å². The zero-order chi connectivity index (χ0) is 25.8. The van der Waals surface area contributed by atoms with Crippen LogP contribution in [0.3, 0.4) is 0 Å². The van der Waals surface area contributed by atoms with E-state index in [1.165, 1.54) is 7.11 Å². The number of hydrogen-bond donors (Lipinski definition) is 1. The summed E-state index contributed by atoms with van der Waals surface area (Å²) in [6.45, 7) is 5.31. The minimum atomic E-state index is -0.503. The Morgan fingerprint density at radius 2 is 1.61 bits per heavy atom. The summed E-state index contributed by atoms with van der Waals surface area (Å²) in [5.41, 5.74) is 3.83. The minimum absolute atomic E-state index is 0.0442. The van der Waals surface area contributed by atoms with Crippen LogP contribution in [0, 0.1) is 0 Å². The van der Waals surface area contributed by atoms with Gasteiger partial charge >= 0.3 is 5.97 Å². The average Bonchev–Trinajstić information content (AvgIpc) is 2.89. The van der Waals surface area contributed by atoms with Crippen molar-refractivity contribution >= 4 is 34.8 Å². The van der Waals surface area contributed by atoms with Crippen LogP contribution in [0.2, 0.25) is 0 Å². The van der Waals surface area contributed by atoms with Gasteiger partial charge in [-0.15, -0.1) is 0 Å². The van der Waals surface area contributed by atoms with E-state index >= 15 is 0 Å². The van der Waals surface area contributed by atoms with Crippen molar-refractivity contribution in [2.45, 2.75) is 45.3 Å². The van der Waals surface area contributed by atoms with Gasteiger partial charge in [0.15, 0.2) is 0 Å². The Hall–Kier alpha value is -4.13. The summed E-state index contributed by atoms with van der Waals surface area (Å²) < 4.78 is 4.75. The summed E-state index contributed by atoms with van der Waals surface area (Å²) in [4.78, 5) is 41.8. The normalized spacial score (nSPS) is 17.5. The van der Waals surface area contributed by atoms with Crippen LogP contribution in [0.1, 0.15) is 49.2 Å². The standard InChI is InChI=1S/C29H31N3O4/c1-19-18-27(32(21(3)33)24-10-6-5-7-11-24)25-12-8-9-13-26(25)31(19)28(34)22-14-16-23(17-15-22)30-20(2)29(35)36-4/h5-17,19-20,27,30H,18H2,1-4H3. The van der Waals surface area contributed by atoms with Gasteiger partial charge in [-0.3, -0.25) is 9.59 Å². The third kappa shape index (κ3) is 4.96. The summed E-state index contributed by atoms with van der Waals surface area (Å²) in [5, 5.41) is 3.07. The monoisotopic (exact) mass is 485 g/mol. The number of rotatable bonds is 6. The Kier molecular flexibility index (Phi) is 7.38. The van der Waals surface area contributed by atoms with Crippen LogP contribution < -0.4 is 15.1 Å². The van der Waals surface area contributed by atoms with Gasteiger partial charge in [-0.05, 0) is 68.3 Å². The van der Waals surface area contributed by atoms with Gasteiger partial charge in [0.05, 0.1) is 13.2 Å². The molecule has 0 aliphatic carbocycles. The van der Waals surface area contributed by atoms with Gasteiger partial charge in [-0.1, -0.05) is 36.4 Å². The highest BCUT2D eigenvalue weighted by atomic mass is 16.5. The van der Waals surface area contributed by atoms with Crippen molar-refractivity contribution in [3.8, 4) is 0 Å². The molecule has 3 aromatic rings. The molecule has 7 heteroatoms. The van der Waals surface area contributed by atoms with Gasteiger partial charge in [0, 0.05) is 35.6 Å². The van der Waals surface area contributed by atoms with Crippen molar-refractivity contribution in [1.29, 1.82) is 0 Å². The van der Waals surface area contributed by atoms with E-state index in [9.17, 15) is 14.4 Å². The van der Waals surface area contributed by atoms with Crippen LogP contribution >= 0.6 is 0 Å². The lowest BCUT2D eigenvalue weighted by atomic mass is 9.89. The first-order valence-electron chi connectivity index (χ1n) is 12.0. The number of ether oxygens (including phenoxy) is 1. The molecule has 1 N–H and O–H groups in total. The van der Waals surface area contributed by atoms with Gasteiger partial charge in [0.25, 0.3) is 5.91 Å². The van der Waals surface area contributed by atoms with Crippen molar-refractivity contribution in [2.75, 3.05) is 22.2 Å². The van der Waals surface area contributed by atoms with Crippen LogP contribution in [0.15, 0.2) is 78.9 Å². The summed E-state index contributed by atoms with van der Waals surface area (Å²) in [7, 11) is 1.35. The maximum Gasteiger partial charge on any atom is 0.327 e. The second-order valence-corrected chi connectivity index (χ2v) is 9.03. The second-order valence-electron chi connectivity index (χ2n) is 9.03. The molecule has 3 unspecified atom stereocenters. The van der Waals surface area contributed by atoms with Crippen LogP contribution in [0.4, 0.5) is 17.1 Å². The summed E-state index contributed by atoms with van der Waals surface area (Å²) in [6, 6.07) is 23.7. The van der Waals surface area contributed by atoms with Gasteiger partial charge in [0.2, 0.25) is 5.91 Å². The van der Waals surface area contributed by atoms with Crippen LogP contribution in [0.5, 0.6) is 0 Å². The first kappa shape index (κ1) is 25.0. The number of fused-ring (bicyclic) bond motifs is 1. The van der Waals surface area contributed by atoms with Crippen molar-refractivity contribution < 1.29 is 19.1 Å². The number of carbonyl (C=O) groups excluding carboxylic acids is 3. The van der Waals surface area contributed by atoms with E-state index < -0.39 is 6.04 Å². The summed E-state index contributed by atoms with van der Waals surface area (Å²) in [6.07, 6.45) is 0.605. The molecule has 0 fully saturated rings. The Morgan fingerprint density at radius 1 is 0.972 bits per heavy atom. The molecule has 0 radical (unpaired) electrons. The number of para-hydroxylation sites is 2. The number of hydrogen-bond acceptors (Lipinski definition) is 5. The van der Waals surface area contributed by atoms with Gasteiger partial charge in [-0.25, -0.2) is 4.79 Å². The number of nitrogens with zero attached hydrogens (tertiary/aromatic N) is 2. The van der Waals surface area contributed by atoms with E-state index in [0.29, 0.717) is 12.0 Å². The van der Waals surface area contributed by atoms with Crippen molar-refractivity contribution in [2.24, 2.45) is 0 Å². The minimum Gasteiger partial charge on any atom is -0.467 e. The molecule has 3 aromatic carbocycles. The number of benzene rings is 3. The molecule has 1 heterocycles. The fourth-order valence-electron chi connectivity index (χ4n) is 4.84. The molecule has 36 heavy (non-hydrogen) atoms. The molecule has 4 rings (SSSR count). The average molecular weight is 486 g/mol. The first-order chi connectivity index (χ1) is 17.3. The number of nitrogens with one attached hydrogen (secondary N) is 1. The molecule has 1 aliphatic heterocycles. The predicted molar refractivity (Wildman–Crippen MR) is 141 cm³/mol. The van der Waals surface area contributed by atoms with Crippen molar-refractivity contribution in [3.05, 3.63) is 90.0 Å². The predicted octanol–water partition coefficient (Wildman–Crippen LogP) is 5.19. The van der Waals surface area contributed by atoms with E-state index in [1.54, 1.807) is 38.1 Å². The second kappa shape index (κ2) is 10.6. The lowest BCUT2D eigenvalue weighted by molar-refractivity contribution is -0.141. The van der Waals surface area contributed by atoms with Crippen molar-refractivity contribution in [3.63, 3.8) is 0 Å². The highest BCUT2D eigenvalue weighted by molar-refractivity contribution is 6.07. The molecule has 0 bridgehead atoms. The number of methoxy groups -OCH3 is 1. The molecule has 1 aliphatic rings. The molecule has 0 aromatic heterocycles. The highest BCUT2D eigenvalue weighted by Crippen LogP contribution is 2.42. The lowest BCUT2D eigenvalue weighted by Crippen LogP contribution is -2.47. The number of carbonyl (C=O) groups is 3. The largest absolute Gasteiger partial charge is 0.467 e. The summed E-state index contributed by atoms with van der Waals surface area (Å²) in [5.74, 6) is -0.522. The number of amides is 2. The molecule has 186 valence electrons. The Morgan fingerprint density at radius 3 is 2.25 bits per heavy atom.